The van der Waals surface area contributed by atoms with Crippen molar-refractivity contribution in [3.8, 4) is 11.5 Å². The number of methoxy groups -OCH3 is 1. The molecule has 0 spiro atoms. The minimum absolute atomic E-state index is 0.00392. The number of fused-ring (bicyclic) bond motifs is 1. The Morgan fingerprint density at radius 1 is 1.10 bits per heavy atom. The van der Waals surface area contributed by atoms with E-state index in [-0.39, 0.29) is 22.6 Å². The maximum absolute atomic E-state index is 13.5. The van der Waals surface area contributed by atoms with Crippen LogP contribution in [0.5, 0.6) is 11.5 Å². The number of carbonyl (C=O) groups excluding carboxylic acids is 2. The second kappa shape index (κ2) is 10.8. The number of carbonyl (C=O) groups is 2. The number of aromatic nitrogens is 2. The average molecular weight is 572 g/mol. The Hall–Kier alpha value is -4.15. The van der Waals surface area contributed by atoms with Crippen LogP contribution >= 0.6 is 23.1 Å². The topological polar surface area (TPSA) is 102 Å². The Labute approximate surface area is 239 Å². The normalized spacial score (nSPS) is 19.5. The molecule has 0 unspecified atom stereocenters. The molecule has 6 rings (SSSR count). The largest absolute Gasteiger partial charge is 0.507 e. The smallest absolute Gasteiger partial charge is 0.301 e. The third kappa shape index (κ3) is 4.84. The minimum atomic E-state index is -0.894. The van der Waals surface area contributed by atoms with Gasteiger partial charge in [0.05, 0.1) is 18.7 Å². The highest BCUT2D eigenvalue weighted by atomic mass is 32.2. The van der Waals surface area contributed by atoms with Crippen molar-refractivity contribution in [3.63, 3.8) is 0 Å². The summed E-state index contributed by atoms with van der Waals surface area (Å²) >= 11 is 2.74. The number of thioether (sulfide) groups is 1. The number of amides is 1. The molecule has 0 bridgehead atoms. The van der Waals surface area contributed by atoms with Gasteiger partial charge < -0.3 is 14.6 Å². The number of rotatable bonds is 7. The molecular weight excluding hydrogens is 546 g/mol. The van der Waals surface area contributed by atoms with Crippen LogP contribution in [0.3, 0.4) is 0 Å². The number of anilines is 1. The van der Waals surface area contributed by atoms with Crippen molar-refractivity contribution in [1.82, 2.24) is 10.2 Å². The van der Waals surface area contributed by atoms with E-state index in [0.29, 0.717) is 33.4 Å². The molecule has 1 saturated heterocycles. The van der Waals surface area contributed by atoms with Gasteiger partial charge in [0, 0.05) is 17.7 Å². The van der Waals surface area contributed by atoms with E-state index in [2.05, 4.69) is 10.2 Å². The molecule has 1 fully saturated rings. The van der Waals surface area contributed by atoms with E-state index in [1.54, 1.807) is 43.5 Å². The Morgan fingerprint density at radius 2 is 1.88 bits per heavy atom. The van der Waals surface area contributed by atoms with Crippen LogP contribution < -0.4 is 14.4 Å². The quantitative estimate of drug-likeness (QED) is 0.0978. The SMILES string of the molecule is COc1ccc([C@@H]2C(=C(O)c3ccc4c(c3)C[C@H](C)O4)C(=O)C(=O)N2c2nnc(SCc3ccccc3)s2)cc1. The first-order chi connectivity index (χ1) is 19.4. The predicted molar refractivity (Wildman–Crippen MR) is 154 cm³/mol. The van der Waals surface area contributed by atoms with E-state index in [1.807, 2.05) is 43.3 Å². The maximum Gasteiger partial charge on any atom is 0.301 e. The van der Waals surface area contributed by atoms with Crippen molar-refractivity contribution < 1.29 is 24.2 Å². The molecule has 8 nitrogen and oxygen atoms in total. The highest BCUT2D eigenvalue weighted by molar-refractivity contribution is 8.00. The minimum Gasteiger partial charge on any atom is -0.507 e. The van der Waals surface area contributed by atoms with E-state index < -0.39 is 17.7 Å². The van der Waals surface area contributed by atoms with E-state index in [1.165, 1.54) is 28.0 Å². The molecule has 2 aliphatic rings. The van der Waals surface area contributed by atoms with Gasteiger partial charge in [-0.05, 0) is 53.9 Å². The summed E-state index contributed by atoms with van der Waals surface area (Å²) < 4.78 is 11.8. The molecule has 4 aromatic rings. The fourth-order valence-corrected chi connectivity index (χ4v) is 6.76. The monoisotopic (exact) mass is 571 g/mol. The third-order valence-electron chi connectivity index (χ3n) is 6.85. The molecule has 0 aliphatic carbocycles. The molecule has 1 amide bonds. The van der Waals surface area contributed by atoms with E-state index in [9.17, 15) is 14.7 Å². The summed E-state index contributed by atoms with van der Waals surface area (Å²) in [4.78, 5) is 28.3. The van der Waals surface area contributed by atoms with E-state index >= 15 is 0 Å². The van der Waals surface area contributed by atoms with Crippen molar-refractivity contribution >= 4 is 45.7 Å². The van der Waals surface area contributed by atoms with Gasteiger partial charge in [0.15, 0.2) is 4.34 Å². The molecule has 0 radical (unpaired) electrons. The Bertz CT molecular complexity index is 1620. The van der Waals surface area contributed by atoms with Crippen molar-refractivity contribution in [2.24, 2.45) is 0 Å². The van der Waals surface area contributed by atoms with E-state index in [0.717, 1.165) is 16.9 Å². The number of benzene rings is 3. The second-order valence-electron chi connectivity index (χ2n) is 9.52. The number of aliphatic hydroxyl groups excluding tert-OH is 1. The molecule has 0 saturated carbocycles. The van der Waals surface area contributed by atoms with Gasteiger partial charge in [-0.25, -0.2) is 0 Å². The Balaban J connectivity index is 1.40. The summed E-state index contributed by atoms with van der Waals surface area (Å²) in [5.74, 6) is 0.284. The number of hydrogen-bond donors (Lipinski definition) is 1. The van der Waals surface area contributed by atoms with Crippen molar-refractivity contribution in [2.45, 2.75) is 35.6 Å². The van der Waals surface area contributed by atoms with Crippen molar-refractivity contribution in [2.75, 3.05) is 12.0 Å². The van der Waals surface area contributed by atoms with Gasteiger partial charge in [-0.1, -0.05) is 65.6 Å². The fraction of sp³-hybridized carbons (Fsp3) is 0.200. The van der Waals surface area contributed by atoms with Crippen LogP contribution in [0.1, 0.15) is 35.2 Å². The van der Waals surface area contributed by atoms with Gasteiger partial charge in [-0.3, -0.25) is 14.5 Å². The summed E-state index contributed by atoms with van der Waals surface area (Å²) in [5, 5.41) is 20.3. The highest BCUT2D eigenvalue weighted by Crippen LogP contribution is 2.45. The molecule has 10 heteroatoms. The first kappa shape index (κ1) is 26.1. The molecule has 40 heavy (non-hydrogen) atoms. The van der Waals surface area contributed by atoms with Crippen molar-refractivity contribution in [3.05, 3.63) is 101 Å². The zero-order chi connectivity index (χ0) is 27.8. The lowest BCUT2D eigenvalue weighted by Crippen LogP contribution is -2.29. The molecule has 3 heterocycles. The van der Waals surface area contributed by atoms with Gasteiger partial charge in [-0.2, -0.15) is 0 Å². The van der Waals surface area contributed by atoms with Crippen LogP contribution in [0.2, 0.25) is 0 Å². The van der Waals surface area contributed by atoms with Crippen LogP contribution in [0.25, 0.3) is 5.76 Å². The van der Waals surface area contributed by atoms with Gasteiger partial charge in [0.2, 0.25) is 5.13 Å². The maximum atomic E-state index is 13.5. The van der Waals surface area contributed by atoms with Crippen LogP contribution in [-0.4, -0.2) is 40.2 Å². The fourth-order valence-electron chi connectivity index (χ4n) is 4.93. The summed E-state index contributed by atoms with van der Waals surface area (Å²) in [6.07, 6.45) is 0.726. The first-order valence-electron chi connectivity index (χ1n) is 12.7. The summed E-state index contributed by atoms with van der Waals surface area (Å²) in [6.45, 7) is 1.98. The lowest BCUT2D eigenvalue weighted by molar-refractivity contribution is -0.132. The molecule has 2 atom stereocenters. The number of ether oxygens (including phenoxy) is 2. The van der Waals surface area contributed by atoms with E-state index in [4.69, 9.17) is 9.47 Å². The van der Waals surface area contributed by atoms with Crippen LogP contribution in [0.15, 0.2) is 82.7 Å². The lowest BCUT2D eigenvalue weighted by atomic mass is 9.94. The van der Waals surface area contributed by atoms with Crippen LogP contribution in [0.4, 0.5) is 5.13 Å². The number of ketones is 1. The standard InChI is InChI=1S/C30H25N3O5S2/c1-17-14-21-15-20(10-13-23(21)38-17)26(34)24-25(19-8-11-22(37-2)12-9-19)33(28(36)27(24)35)29-31-32-30(40-29)39-16-18-6-4-3-5-7-18/h3-13,15,17,25,34H,14,16H2,1-2H3/t17-,25+/m0/s1. The van der Waals surface area contributed by atoms with Crippen LogP contribution in [-0.2, 0) is 21.8 Å². The molecule has 1 N–H and O–H groups in total. The number of aliphatic hydroxyl groups is 1. The van der Waals surface area contributed by atoms with Crippen molar-refractivity contribution in [1.29, 1.82) is 0 Å². The number of hydrogen-bond acceptors (Lipinski definition) is 9. The molecule has 1 aromatic heterocycles. The number of Topliss-reactive ketones (excluding diaryl/α,β-unsaturated/α-hetero) is 1. The lowest BCUT2D eigenvalue weighted by Gasteiger charge is -2.22. The van der Waals surface area contributed by atoms with Crippen LogP contribution in [0, 0.1) is 0 Å². The van der Waals surface area contributed by atoms with Gasteiger partial charge in [0.25, 0.3) is 5.78 Å². The second-order valence-corrected chi connectivity index (χ2v) is 11.7. The molecular formula is C30H25N3O5S2. The van der Waals surface area contributed by atoms with Gasteiger partial charge in [-0.15, -0.1) is 10.2 Å². The Kier molecular flexibility index (Phi) is 7.03. The Morgan fingerprint density at radius 3 is 2.62 bits per heavy atom. The zero-order valence-corrected chi connectivity index (χ0v) is 23.4. The highest BCUT2D eigenvalue weighted by Gasteiger charge is 2.48. The third-order valence-corrected chi connectivity index (χ3v) is 8.98. The first-order valence-corrected chi connectivity index (χ1v) is 14.5. The average Bonchev–Trinajstić information content (AvgIpc) is 3.67. The molecule has 2 aliphatic heterocycles. The summed E-state index contributed by atoms with van der Waals surface area (Å²) in [7, 11) is 1.56. The zero-order valence-electron chi connectivity index (χ0n) is 21.7. The summed E-state index contributed by atoms with van der Waals surface area (Å²) in [5.41, 5.74) is 3.15. The van der Waals surface area contributed by atoms with Gasteiger partial charge in [0.1, 0.15) is 23.4 Å². The molecule has 202 valence electrons. The number of nitrogens with zero attached hydrogens (tertiary/aromatic N) is 3. The molecule has 3 aromatic carbocycles. The predicted octanol–water partition coefficient (Wildman–Crippen LogP) is 5.79. The summed E-state index contributed by atoms with van der Waals surface area (Å²) in [6, 6.07) is 21.5. The van der Waals surface area contributed by atoms with Gasteiger partial charge >= 0.3 is 5.91 Å².